The van der Waals surface area contributed by atoms with Crippen LogP contribution in [0.2, 0.25) is 0 Å². The van der Waals surface area contributed by atoms with Gasteiger partial charge in [-0.25, -0.2) is 4.68 Å². The van der Waals surface area contributed by atoms with Crippen molar-refractivity contribution in [1.82, 2.24) is 25.2 Å². The van der Waals surface area contributed by atoms with Crippen molar-refractivity contribution in [3.05, 3.63) is 84.3 Å². The fraction of sp³-hybridized carbons (Fsp3) is 0.280. The van der Waals surface area contributed by atoms with E-state index in [1.54, 1.807) is 16.8 Å². The molecule has 0 aliphatic heterocycles. The molecule has 0 aliphatic carbocycles. The maximum absolute atomic E-state index is 13.7. The van der Waals surface area contributed by atoms with Gasteiger partial charge in [-0.1, -0.05) is 47.7 Å². The fourth-order valence-corrected chi connectivity index (χ4v) is 3.67. The summed E-state index contributed by atoms with van der Waals surface area (Å²) in [6.07, 6.45) is 1.50. The molecule has 0 aliphatic rings. The smallest absolute Gasteiger partial charge is 0.251 e. The molecular weight excluding hydrogens is 418 g/mol. The highest BCUT2D eigenvalue weighted by molar-refractivity contribution is 5.89. The van der Waals surface area contributed by atoms with E-state index < -0.39 is 11.6 Å². The molecule has 2 aromatic carbocycles. The number of amides is 2. The molecule has 0 fully saturated rings. The van der Waals surface area contributed by atoms with Crippen LogP contribution in [0.1, 0.15) is 38.1 Å². The molecule has 0 saturated carbocycles. The summed E-state index contributed by atoms with van der Waals surface area (Å²) in [4.78, 5) is 28.6. The lowest BCUT2D eigenvalue weighted by molar-refractivity contribution is -0.143. The third kappa shape index (κ3) is 5.28. The lowest BCUT2D eigenvalue weighted by Gasteiger charge is -2.32. The molecule has 1 N–H and O–H groups in total. The number of fused-ring (bicyclic) bond motifs is 1. The summed E-state index contributed by atoms with van der Waals surface area (Å²) in [5.41, 5.74) is 1.87. The van der Waals surface area contributed by atoms with Crippen molar-refractivity contribution in [3.8, 4) is 0 Å². The van der Waals surface area contributed by atoms with E-state index in [1.807, 2.05) is 75.4 Å². The van der Waals surface area contributed by atoms with Crippen LogP contribution in [0.4, 0.5) is 0 Å². The van der Waals surface area contributed by atoms with Crippen LogP contribution in [0.15, 0.2) is 77.4 Å². The summed E-state index contributed by atoms with van der Waals surface area (Å²) >= 11 is 0. The van der Waals surface area contributed by atoms with Crippen molar-refractivity contribution in [2.24, 2.45) is 0 Å². The predicted octanol–water partition coefficient (Wildman–Crippen LogP) is 3.71. The minimum atomic E-state index is -0.943. The molecular formula is C25H27N5O3. The molecule has 2 aromatic heterocycles. The Bertz CT molecular complexity index is 1230. The molecule has 0 unspecified atom stereocenters. The normalized spacial score (nSPS) is 12.5. The SMILES string of the molecule is CC(C)(C)NC(=O)[C@H](c1ccco1)N(Cc1ccccc1)C(=O)Cn1nnc2ccccc21. The third-order valence-electron chi connectivity index (χ3n) is 5.09. The van der Waals surface area contributed by atoms with Gasteiger partial charge in [0.15, 0.2) is 6.04 Å². The van der Waals surface area contributed by atoms with E-state index in [4.69, 9.17) is 4.42 Å². The van der Waals surface area contributed by atoms with Gasteiger partial charge in [-0.2, -0.15) is 0 Å². The van der Waals surface area contributed by atoms with Crippen LogP contribution in [0.5, 0.6) is 0 Å². The third-order valence-corrected chi connectivity index (χ3v) is 5.09. The van der Waals surface area contributed by atoms with Crippen molar-refractivity contribution in [2.75, 3.05) is 0 Å². The highest BCUT2D eigenvalue weighted by Crippen LogP contribution is 2.26. The Labute approximate surface area is 192 Å². The number of rotatable bonds is 7. The first-order chi connectivity index (χ1) is 15.8. The molecule has 0 saturated heterocycles. The van der Waals surface area contributed by atoms with E-state index in [2.05, 4.69) is 15.6 Å². The summed E-state index contributed by atoms with van der Waals surface area (Å²) in [6.45, 7) is 5.86. The Kier molecular flexibility index (Phi) is 6.26. The second kappa shape index (κ2) is 9.28. The first-order valence-electron chi connectivity index (χ1n) is 10.8. The molecule has 2 heterocycles. The van der Waals surface area contributed by atoms with Crippen LogP contribution in [0.25, 0.3) is 11.0 Å². The topological polar surface area (TPSA) is 93.3 Å². The number of hydrogen-bond acceptors (Lipinski definition) is 5. The van der Waals surface area contributed by atoms with E-state index in [1.165, 1.54) is 11.2 Å². The number of carbonyl (C=O) groups is 2. The highest BCUT2D eigenvalue weighted by Gasteiger charge is 2.35. The number of para-hydroxylation sites is 1. The number of carbonyl (C=O) groups excluding carboxylic acids is 2. The van der Waals surface area contributed by atoms with Gasteiger partial charge in [0.2, 0.25) is 5.91 Å². The molecule has 0 bridgehead atoms. The van der Waals surface area contributed by atoms with Gasteiger partial charge in [0.25, 0.3) is 5.91 Å². The molecule has 8 heteroatoms. The summed E-state index contributed by atoms with van der Waals surface area (Å²) < 4.78 is 7.17. The summed E-state index contributed by atoms with van der Waals surface area (Å²) in [5, 5.41) is 11.3. The summed E-state index contributed by atoms with van der Waals surface area (Å²) in [7, 11) is 0. The number of nitrogens with one attached hydrogen (secondary N) is 1. The Morgan fingerprint density at radius 2 is 1.76 bits per heavy atom. The summed E-state index contributed by atoms with van der Waals surface area (Å²) in [5.74, 6) is -0.199. The van der Waals surface area contributed by atoms with Crippen LogP contribution in [0, 0.1) is 0 Å². The molecule has 8 nitrogen and oxygen atoms in total. The van der Waals surface area contributed by atoms with Crippen LogP contribution in [-0.2, 0) is 22.7 Å². The average molecular weight is 446 g/mol. The molecule has 33 heavy (non-hydrogen) atoms. The number of hydrogen-bond donors (Lipinski definition) is 1. The maximum Gasteiger partial charge on any atom is 0.251 e. The molecule has 1 atom stereocenters. The first-order valence-corrected chi connectivity index (χ1v) is 10.8. The Balaban J connectivity index is 1.71. The zero-order chi connectivity index (χ0) is 23.4. The molecule has 4 aromatic rings. The Hall–Kier alpha value is -3.94. The minimum absolute atomic E-state index is 0.0621. The molecule has 0 radical (unpaired) electrons. The standard InChI is InChI=1S/C25H27N5O3/c1-25(2,3)26-24(32)23(21-14-9-15-33-21)29(16-18-10-5-4-6-11-18)22(31)17-30-20-13-8-7-12-19(20)27-28-30/h4-15,23H,16-17H2,1-3H3,(H,26,32)/t23-/m0/s1. The van der Waals surface area contributed by atoms with Crippen LogP contribution >= 0.6 is 0 Å². The van der Waals surface area contributed by atoms with Crippen molar-refractivity contribution in [2.45, 2.75) is 45.4 Å². The first kappa shape index (κ1) is 22.3. The maximum atomic E-state index is 13.7. The Morgan fingerprint density at radius 1 is 1.03 bits per heavy atom. The zero-order valence-electron chi connectivity index (χ0n) is 18.9. The van der Waals surface area contributed by atoms with Crippen LogP contribution in [0.3, 0.4) is 0 Å². The molecule has 0 spiro atoms. The van der Waals surface area contributed by atoms with E-state index >= 15 is 0 Å². The quantitative estimate of drug-likeness (QED) is 0.468. The Morgan fingerprint density at radius 3 is 2.45 bits per heavy atom. The van der Waals surface area contributed by atoms with Crippen molar-refractivity contribution < 1.29 is 14.0 Å². The van der Waals surface area contributed by atoms with Gasteiger partial charge in [0, 0.05) is 12.1 Å². The van der Waals surface area contributed by atoms with Crippen molar-refractivity contribution >= 4 is 22.8 Å². The van der Waals surface area contributed by atoms with Gasteiger partial charge in [-0.15, -0.1) is 5.10 Å². The van der Waals surface area contributed by atoms with Gasteiger partial charge in [-0.3, -0.25) is 9.59 Å². The minimum Gasteiger partial charge on any atom is -0.467 e. The molecule has 4 rings (SSSR count). The van der Waals surface area contributed by atoms with Crippen LogP contribution in [-0.4, -0.2) is 37.2 Å². The van der Waals surface area contributed by atoms with E-state index in [-0.39, 0.29) is 24.9 Å². The fourth-order valence-electron chi connectivity index (χ4n) is 3.67. The molecule has 2 amide bonds. The van der Waals surface area contributed by atoms with Gasteiger partial charge in [-0.05, 0) is 50.6 Å². The van der Waals surface area contributed by atoms with E-state index in [9.17, 15) is 9.59 Å². The zero-order valence-corrected chi connectivity index (χ0v) is 18.9. The average Bonchev–Trinajstić information content (AvgIpc) is 3.43. The number of aromatic nitrogens is 3. The van der Waals surface area contributed by atoms with Crippen molar-refractivity contribution in [1.29, 1.82) is 0 Å². The second-order valence-corrected chi connectivity index (χ2v) is 8.90. The lowest BCUT2D eigenvalue weighted by atomic mass is 10.1. The van der Waals surface area contributed by atoms with E-state index in [0.717, 1.165) is 11.1 Å². The largest absolute Gasteiger partial charge is 0.467 e. The highest BCUT2D eigenvalue weighted by atomic mass is 16.3. The van der Waals surface area contributed by atoms with E-state index in [0.29, 0.717) is 11.3 Å². The number of nitrogens with zero attached hydrogens (tertiary/aromatic N) is 4. The van der Waals surface area contributed by atoms with Gasteiger partial charge >= 0.3 is 0 Å². The number of benzene rings is 2. The summed E-state index contributed by atoms with van der Waals surface area (Å²) in [6, 6.07) is 19.5. The van der Waals surface area contributed by atoms with Gasteiger partial charge < -0.3 is 14.6 Å². The van der Waals surface area contributed by atoms with Gasteiger partial charge in [0.1, 0.15) is 17.8 Å². The number of furan rings is 1. The van der Waals surface area contributed by atoms with Gasteiger partial charge in [0.05, 0.1) is 11.8 Å². The van der Waals surface area contributed by atoms with Crippen molar-refractivity contribution in [3.63, 3.8) is 0 Å². The monoisotopic (exact) mass is 445 g/mol. The lowest BCUT2D eigenvalue weighted by Crippen LogP contribution is -2.49. The van der Waals surface area contributed by atoms with Crippen LogP contribution < -0.4 is 5.32 Å². The second-order valence-electron chi connectivity index (χ2n) is 8.90. The predicted molar refractivity (Wildman–Crippen MR) is 124 cm³/mol. The molecule has 170 valence electrons.